The lowest BCUT2D eigenvalue weighted by molar-refractivity contribution is -0.133. The van der Waals surface area contributed by atoms with Crippen molar-refractivity contribution in [2.45, 2.75) is 64.6 Å². The Labute approximate surface area is 131 Å². The van der Waals surface area contributed by atoms with Crippen LogP contribution in [0.25, 0.3) is 0 Å². The summed E-state index contributed by atoms with van der Waals surface area (Å²) < 4.78 is 0. The zero-order valence-corrected chi connectivity index (χ0v) is 14.1. The fourth-order valence-corrected chi connectivity index (χ4v) is 4.22. The van der Waals surface area contributed by atoms with Crippen LogP contribution in [0.15, 0.2) is 16.8 Å². The van der Waals surface area contributed by atoms with Crippen LogP contribution in [0.4, 0.5) is 0 Å². The van der Waals surface area contributed by atoms with Gasteiger partial charge in [-0.15, -0.1) is 0 Å². The number of hydrogen-bond donors (Lipinski definition) is 1. The van der Waals surface area contributed by atoms with Crippen molar-refractivity contribution in [2.24, 2.45) is 5.41 Å². The summed E-state index contributed by atoms with van der Waals surface area (Å²) in [5, 5.41) is 7.86. The third kappa shape index (κ3) is 2.64. The predicted molar refractivity (Wildman–Crippen MR) is 87.2 cm³/mol. The van der Waals surface area contributed by atoms with E-state index in [9.17, 15) is 4.79 Å². The number of hydrogen-bond acceptors (Lipinski definition) is 3. The molecule has 2 unspecified atom stereocenters. The van der Waals surface area contributed by atoms with Crippen LogP contribution in [0.2, 0.25) is 0 Å². The molecule has 1 saturated carbocycles. The molecule has 3 nitrogen and oxygen atoms in total. The first kappa shape index (κ1) is 15.0. The molecule has 1 aliphatic carbocycles. The second-order valence-corrected chi connectivity index (χ2v) is 7.75. The first-order valence-electron chi connectivity index (χ1n) is 8.14. The molecule has 2 heterocycles. The molecule has 1 N–H and O–H groups in total. The van der Waals surface area contributed by atoms with Crippen molar-refractivity contribution in [1.82, 2.24) is 10.2 Å². The van der Waals surface area contributed by atoms with E-state index in [0.717, 1.165) is 13.0 Å². The average molecular weight is 306 g/mol. The summed E-state index contributed by atoms with van der Waals surface area (Å²) in [6, 6.07) is 2.14. The van der Waals surface area contributed by atoms with Gasteiger partial charge in [-0.2, -0.15) is 11.3 Å². The van der Waals surface area contributed by atoms with Crippen molar-refractivity contribution in [2.75, 3.05) is 6.54 Å². The molecule has 1 amide bonds. The van der Waals surface area contributed by atoms with E-state index in [1.165, 1.54) is 31.2 Å². The lowest BCUT2D eigenvalue weighted by Gasteiger charge is -2.28. The van der Waals surface area contributed by atoms with E-state index in [2.05, 4.69) is 40.9 Å². The molecule has 2 aliphatic rings. The fraction of sp³-hybridized carbons (Fsp3) is 0.706. The van der Waals surface area contributed by atoms with Gasteiger partial charge < -0.3 is 4.90 Å². The number of thiophene rings is 1. The van der Waals surface area contributed by atoms with Crippen LogP contribution >= 0.6 is 11.3 Å². The van der Waals surface area contributed by atoms with Crippen LogP contribution < -0.4 is 5.32 Å². The highest BCUT2D eigenvalue weighted by Crippen LogP contribution is 2.52. The van der Waals surface area contributed by atoms with Crippen LogP contribution in [-0.2, 0) is 4.79 Å². The van der Waals surface area contributed by atoms with Gasteiger partial charge in [0.1, 0.15) is 6.17 Å². The summed E-state index contributed by atoms with van der Waals surface area (Å²) >= 11 is 1.70. The highest BCUT2D eigenvalue weighted by atomic mass is 32.1. The summed E-state index contributed by atoms with van der Waals surface area (Å²) in [6.07, 6.45) is 5.92. The van der Waals surface area contributed by atoms with E-state index in [4.69, 9.17) is 0 Å². The number of nitrogens with zero attached hydrogens (tertiary/aromatic N) is 1. The zero-order chi connectivity index (χ0) is 15.1. The van der Waals surface area contributed by atoms with Crippen molar-refractivity contribution < 1.29 is 4.79 Å². The Bertz CT molecular complexity index is 509. The minimum Gasteiger partial charge on any atom is -0.321 e. The lowest BCUT2D eigenvalue weighted by Crippen LogP contribution is -2.43. The third-order valence-corrected chi connectivity index (χ3v) is 6.01. The maximum absolute atomic E-state index is 12.9. The van der Waals surface area contributed by atoms with Gasteiger partial charge in [-0.1, -0.05) is 20.3 Å². The van der Waals surface area contributed by atoms with Gasteiger partial charge in [0.25, 0.3) is 0 Å². The molecule has 1 saturated heterocycles. The van der Waals surface area contributed by atoms with Crippen molar-refractivity contribution in [3.63, 3.8) is 0 Å². The summed E-state index contributed by atoms with van der Waals surface area (Å²) in [6.45, 7) is 7.31. The number of carbonyl (C=O) groups is 1. The molecule has 1 aromatic heterocycles. The molecule has 0 radical (unpaired) electrons. The Morgan fingerprint density at radius 1 is 1.43 bits per heavy atom. The van der Waals surface area contributed by atoms with Crippen molar-refractivity contribution in [3.05, 3.63) is 22.4 Å². The molecule has 1 aromatic rings. The second-order valence-electron chi connectivity index (χ2n) is 6.97. The highest BCUT2D eigenvalue weighted by Gasteiger charge is 2.52. The molecule has 1 aliphatic heterocycles. The average Bonchev–Trinajstić information content (AvgIpc) is 2.93. The van der Waals surface area contributed by atoms with E-state index in [1.54, 1.807) is 11.3 Å². The number of amides is 1. The molecule has 0 spiro atoms. The molecule has 2 atom stereocenters. The minimum atomic E-state index is -0.408. The predicted octanol–water partition coefficient (Wildman–Crippen LogP) is 3.93. The largest absolute Gasteiger partial charge is 0.321 e. The zero-order valence-electron chi connectivity index (χ0n) is 13.3. The van der Waals surface area contributed by atoms with E-state index >= 15 is 0 Å². The number of carbonyl (C=O) groups excluding carboxylic acids is 1. The van der Waals surface area contributed by atoms with E-state index in [-0.39, 0.29) is 12.1 Å². The normalized spacial score (nSPS) is 30.9. The van der Waals surface area contributed by atoms with Gasteiger partial charge in [0.2, 0.25) is 5.91 Å². The van der Waals surface area contributed by atoms with Crippen molar-refractivity contribution in [3.8, 4) is 0 Å². The van der Waals surface area contributed by atoms with Crippen LogP contribution in [0.3, 0.4) is 0 Å². The van der Waals surface area contributed by atoms with Gasteiger partial charge in [0.05, 0.1) is 5.54 Å². The first-order chi connectivity index (χ1) is 10.0. The minimum absolute atomic E-state index is 0.0584. The van der Waals surface area contributed by atoms with Crippen LogP contribution in [0, 0.1) is 5.41 Å². The molecule has 0 bridgehead atoms. The summed E-state index contributed by atoms with van der Waals surface area (Å²) in [5.74, 6) is 0.281. The van der Waals surface area contributed by atoms with E-state index in [0.29, 0.717) is 5.41 Å². The van der Waals surface area contributed by atoms with Gasteiger partial charge in [0.15, 0.2) is 0 Å². The Balaban J connectivity index is 1.85. The highest BCUT2D eigenvalue weighted by molar-refractivity contribution is 7.07. The van der Waals surface area contributed by atoms with Gasteiger partial charge in [-0.05, 0) is 60.4 Å². The Morgan fingerprint density at radius 3 is 2.71 bits per heavy atom. The van der Waals surface area contributed by atoms with Crippen molar-refractivity contribution >= 4 is 17.2 Å². The van der Waals surface area contributed by atoms with Gasteiger partial charge in [-0.3, -0.25) is 10.1 Å². The molecule has 116 valence electrons. The van der Waals surface area contributed by atoms with Gasteiger partial charge in [-0.25, -0.2) is 0 Å². The number of nitrogens with one attached hydrogen (secondary N) is 1. The summed E-state index contributed by atoms with van der Waals surface area (Å²) in [4.78, 5) is 15.1. The Kier molecular flexibility index (Phi) is 3.87. The topological polar surface area (TPSA) is 32.3 Å². The summed E-state index contributed by atoms with van der Waals surface area (Å²) in [7, 11) is 0. The van der Waals surface area contributed by atoms with Crippen molar-refractivity contribution in [1.29, 1.82) is 0 Å². The SMILES string of the molecule is CCCC1(CN2C(=O)C(C)(CC)NC2c2ccsc2)CC1. The molecular weight excluding hydrogens is 280 g/mol. The van der Waals surface area contributed by atoms with Crippen LogP contribution in [-0.4, -0.2) is 22.9 Å². The Hall–Kier alpha value is -0.870. The molecular formula is C17H26N2OS. The smallest absolute Gasteiger partial charge is 0.244 e. The molecule has 3 rings (SSSR count). The Morgan fingerprint density at radius 2 is 2.19 bits per heavy atom. The quantitative estimate of drug-likeness (QED) is 0.863. The third-order valence-electron chi connectivity index (χ3n) is 5.31. The van der Waals surface area contributed by atoms with E-state index < -0.39 is 5.54 Å². The lowest BCUT2D eigenvalue weighted by atomic mass is 9.97. The molecule has 0 aromatic carbocycles. The maximum Gasteiger partial charge on any atom is 0.244 e. The maximum atomic E-state index is 12.9. The molecule has 21 heavy (non-hydrogen) atoms. The fourth-order valence-electron chi connectivity index (χ4n) is 3.54. The molecule has 4 heteroatoms. The number of rotatable bonds is 6. The first-order valence-corrected chi connectivity index (χ1v) is 9.09. The van der Waals surface area contributed by atoms with Crippen LogP contribution in [0.1, 0.15) is 64.6 Å². The second kappa shape index (κ2) is 5.40. The summed E-state index contributed by atoms with van der Waals surface area (Å²) in [5.41, 5.74) is 1.23. The molecule has 2 fully saturated rings. The van der Waals surface area contributed by atoms with E-state index in [1.807, 2.05) is 6.92 Å². The monoisotopic (exact) mass is 306 g/mol. The van der Waals surface area contributed by atoms with Crippen LogP contribution in [0.5, 0.6) is 0 Å². The van der Waals surface area contributed by atoms with Gasteiger partial charge in [0, 0.05) is 6.54 Å². The standard InChI is InChI=1S/C17H26N2OS/c1-4-7-17(8-9-17)12-19-14(13-6-10-21-11-13)18-16(3,5-2)15(19)20/h6,10-11,14,18H,4-5,7-9,12H2,1-3H3. The van der Waals surface area contributed by atoms with Gasteiger partial charge >= 0.3 is 0 Å².